The lowest BCUT2D eigenvalue weighted by molar-refractivity contribution is 0.0977. The molecule has 1 fully saturated rings. The summed E-state index contributed by atoms with van der Waals surface area (Å²) in [5.41, 5.74) is -0.590. The third-order valence-corrected chi connectivity index (χ3v) is 7.20. The number of halogens is 3. The van der Waals surface area contributed by atoms with Crippen LogP contribution in [0.25, 0.3) is 10.8 Å². The Labute approximate surface area is 189 Å². The van der Waals surface area contributed by atoms with Crippen LogP contribution in [-0.2, 0) is 10.0 Å². The van der Waals surface area contributed by atoms with Crippen molar-refractivity contribution >= 4 is 38.3 Å². The van der Waals surface area contributed by atoms with E-state index >= 15 is 0 Å². The van der Waals surface area contributed by atoms with Crippen molar-refractivity contribution < 1.29 is 26.7 Å². The molecule has 0 aliphatic heterocycles. The average Bonchev–Trinajstić information content (AvgIpc) is 3.27. The van der Waals surface area contributed by atoms with Crippen molar-refractivity contribution in [3.63, 3.8) is 0 Å². The number of sulfonamides is 1. The monoisotopic (exact) mass is 479 g/mol. The molecule has 0 unspecified atom stereocenters. The Morgan fingerprint density at radius 3 is 2.56 bits per heavy atom. The van der Waals surface area contributed by atoms with Gasteiger partial charge in [0.15, 0.2) is 5.82 Å². The Morgan fingerprint density at radius 1 is 1.09 bits per heavy atom. The van der Waals surface area contributed by atoms with E-state index in [0.717, 1.165) is 43.9 Å². The van der Waals surface area contributed by atoms with Crippen molar-refractivity contribution in [2.24, 2.45) is 5.92 Å². The molecule has 1 saturated carbocycles. The van der Waals surface area contributed by atoms with Crippen LogP contribution < -0.4 is 9.46 Å². The van der Waals surface area contributed by atoms with Crippen LogP contribution in [0.1, 0.15) is 36.0 Å². The third-order valence-electron chi connectivity index (χ3n) is 5.56. The average molecular weight is 480 g/mol. The number of hydrogen-bond acceptors (Lipinski definition) is 4. The lowest BCUT2D eigenvalue weighted by Gasteiger charge is -2.14. The molecule has 1 amide bonds. The van der Waals surface area contributed by atoms with Gasteiger partial charge in [-0.25, -0.2) is 21.9 Å². The quantitative estimate of drug-likeness (QED) is 0.509. The zero-order chi connectivity index (χ0) is 22.9. The second-order valence-electron chi connectivity index (χ2n) is 7.76. The first-order valence-electron chi connectivity index (χ1n) is 10.1. The number of nitrogens with one attached hydrogen (secondary N) is 1. The van der Waals surface area contributed by atoms with Crippen LogP contribution in [0.3, 0.4) is 0 Å². The first-order valence-corrected chi connectivity index (χ1v) is 12.0. The minimum Gasteiger partial charge on any atom is -0.492 e. The molecular weight excluding hydrogens is 460 g/mol. The van der Waals surface area contributed by atoms with Gasteiger partial charge in [0.25, 0.3) is 15.9 Å². The van der Waals surface area contributed by atoms with E-state index < -0.39 is 38.0 Å². The maximum absolute atomic E-state index is 14.8. The predicted molar refractivity (Wildman–Crippen MR) is 117 cm³/mol. The van der Waals surface area contributed by atoms with Crippen molar-refractivity contribution in [1.29, 1.82) is 0 Å². The highest BCUT2D eigenvalue weighted by molar-refractivity contribution is 7.90. The molecule has 1 aliphatic carbocycles. The summed E-state index contributed by atoms with van der Waals surface area (Å²) < 4.78 is 61.9. The molecule has 0 aromatic heterocycles. The predicted octanol–water partition coefficient (Wildman–Crippen LogP) is 5.46. The van der Waals surface area contributed by atoms with E-state index in [1.807, 2.05) is 0 Å². The normalized spacial score (nSPS) is 14.6. The van der Waals surface area contributed by atoms with Crippen molar-refractivity contribution in [3.05, 3.63) is 70.8 Å². The number of amides is 1. The number of benzene rings is 3. The highest BCUT2D eigenvalue weighted by atomic mass is 35.5. The molecule has 0 heterocycles. The van der Waals surface area contributed by atoms with Gasteiger partial charge < -0.3 is 4.74 Å². The van der Waals surface area contributed by atoms with E-state index in [1.54, 1.807) is 22.9 Å². The van der Waals surface area contributed by atoms with E-state index in [2.05, 4.69) is 0 Å². The van der Waals surface area contributed by atoms with Crippen LogP contribution in [-0.4, -0.2) is 20.9 Å². The van der Waals surface area contributed by atoms with Gasteiger partial charge in [-0.3, -0.25) is 4.79 Å². The number of carbonyl (C=O) groups excluding carboxylic acids is 1. The van der Waals surface area contributed by atoms with Crippen LogP contribution in [0, 0.1) is 17.6 Å². The van der Waals surface area contributed by atoms with Crippen LogP contribution >= 0.6 is 11.6 Å². The highest BCUT2D eigenvalue weighted by Gasteiger charge is 2.26. The Bertz CT molecular complexity index is 1290. The zero-order valence-corrected chi connectivity index (χ0v) is 18.5. The molecule has 168 valence electrons. The molecule has 4 rings (SSSR count). The number of ether oxygens (including phenoxy) is 1. The van der Waals surface area contributed by atoms with E-state index in [9.17, 15) is 22.0 Å². The van der Waals surface area contributed by atoms with Gasteiger partial charge in [0.05, 0.1) is 17.2 Å². The number of hydrogen-bond donors (Lipinski definition) is 1. The Hall–Kier alpha value is -2.71. The van der Waals surface area contributed by atoms with Crippen LogP contribution in [0.4, 0.5) is 8.78 Å². The summed E-state index contributed by atoms with van der Waals surface area (Å²) in [5.74, 6) is -2.81. The van der Waals surface area contributed by atoms with E-state index in [-0.39, 0.29) is 16.2 Å². The van der Waals surface area contributed by atoms with Crippen molar-refractivity contribution in [2.75, 3.05) is 6.61 Å². The maximum atomic E-state index is 14.8. The second-order valence-corrected chi connectivity index (χ2v) is 9.82. The molecular formula is C23H20ClF2NO4S. The summed E-state index contributed by atoms with van der Waals surface area (Å²) in [5, 5.41) is 0.561. The van der Waals surface area contributed by atoms with Gasteiger partial charge in [0.2, 0.25) is 0 Å². The lowest BCUT2D eigenvalue weighted by Crippen LogP contribution is -2.32. The summed E-state index contributed by atoms with van der Waals surface area (Å²) in [6.07, 6.45) is 4.32. The minimum absolute atomic E-state index is 0.0242. The first-order chi connectivity index (χ1) is 15.3. The van der Waals surface area contributed by atoms with Gasteiger partial charge in [-0.1, -0.05) is 54.8 Å². The number of carbonyl (C=O) groups is 1. The fourth-order valence-electron chi connectivity index (χ4n) is 3.85. The van der Waals surface area contributed by atoms with Crippen molar-refractivity contribution in [1.82, 2.24) is 4.72 Å². The van der Waals surface area contributed by atoms with Crippen molar-refractivity contribution in [2.45, 2.75) is 30.6 Å². The van der Waals surface area contributed by atoms with Gasteiger partial charge in [0, 0.05) is 11.5 Å². The lowest BCUT2D eigenvalue weighted by atomic mass is 10.1. The zero-order valence-electron chi connectivity index (χ0n) is 16.9. The maximum Gasteiger partial charge on any atom is 0.268 e. The summed E-state index contributed by atoms with van der Waals surface area (Å²) >= 11 is 6.13. The number of rotatable bonds is 6. The van der Waals surface area contributed by atoms with E-state index in [4.69, 9.17) is 16.3 Å². The van der Waals surface area contributed by atoms with Gasteiger partial charge in [-0.2, -0.15) is 0 Å². The van der Waals surface area contributed by atoms with Gasteiger partial charge in [-0.05, 0) is 36.3 Å². The van der Waals surface area contributed by atoms with Gasteiger partial charge >= 0.3 is 0 Å². The SMILES string of the molecule is O=C(NS(=O)(=O)c1ccc2ccccc2c1F)c1cc(Cl)c(OCC2CCCC2)cc1F. The van der Waals surface area contributed by atoms with Crippen LogP contribution in [0.2, 0.25) is 5.02 Å². The summed E-state index contributed by atoms with van der Waals surface area (Å²) in [7, 11) is -4.61. The molecule has 3 aromatic carbocycles. The second kappa shape index (κ2) is 9.03. The molecule has 0 saturated heterocycles. The van der Waals surface area contributed by atoms with E-state index in [0.29, 0.717) is 17.9 Å². The molecule has 5 nitrogen and oxygen atoms in total. The summed E-state index contributed by atoms with van der Waals surface area (Å²) in [4.78, 5) is 11.8. The fourth-order valence-corrected chi connectivity index (χ4v) is 5.13. The molecule has 0 bridgehead atoms. The van der Waals surface area contributed by atoms with Gasteiger partial charge in [-0.15, -0.1) is 0 Å². The topological polar surface area (TPSA) is 72.5 Å². The molecule has 1 N–H and O–H groups in total. The Kier molecular flexibility index (Phi) is 6.35. The summed E-state index contributed by atoms with van der Waals surface area (Å²) in [6.45, 7) is 0.389. The van der Waals surface area contributed by atoms with Crippen LogP contribution in [0.15, 0.2) is 53.4 Å². The molecule has 0 radical (unpaired) electrons. The molecule has 9 heteroatoms. The van der Waals surface area contributed by atoms with Crippen LogP contribution in [0.5, 0.6) is 5.75 Å². The Balaban J connectivity index is 1.55. The molecule has 0 atom stereocenters. The molecule has 0 spiro atoms. The smallest absolute Gasteiger partial charge is 0.268 e. The first kappa shape index (κ1) is 22.5. The molecule has 32 heavy (non-hydrogen) atoms. The molecule has 3 aromatic rings. The van der Waals surface area contributed by atoms with Gasteiger partial charge in [0.1, 0.15) is 16.5 Å². The van der Waals surface area contributed by atoms with E-state index in [1.165, 1.54) is 12.1 Å². The third kappa shape index (κ3) is 4.56. The number of fused-ring (bicyclic) bond motifs is 1. The minimum atomic E-state index is -4.61. The highest BCUT2D eigenvalue weighted by Crippen LogP contribution is 2.31. The molecule has 1 aliphatic rings. The van der Waals surface area contributed by atoms with Crippen molar-refractivity contribution in [3.8, 4) is 5.75 Å². The summed E-state index contributed by atoms with van der Waals surface area (Å²) in [6, 6.07) is 10.7. The standard InChI is InChI=1S/C23H20ClF2NO4S/c24-18-11-17(19(25)12-20(18)31-13-14-5-1-2-6-14)23(28)27-32(29,30)21-10-9-15-7-3-4-8-16(15)22(21)26/h3-4,7-12,14H,1-2,5-6,13H2,(H,27,28). The largest absolute Gasteiger partial charge is 0.492 e. The fraction of sp³-hybridized carbons (Fsp3) is 0.261. The Morgan fingerprint density at radius 2 is 1.81 bits per heavy atom.